The van der Waals surface area contributed by atoms with E-state index in [1.54, 1.807) is 7.11 Å². The zero-order valence-electron chi connectivity index (χ0n) is 5.32. The summed E-state index contributed by atoms with van der Waals surface area (Å²) < 4.78 is 4.88. The fourth-order valence-corrected chi connectivity index (χ4v) is 0.922. The van der Waals surface area contributed by atoms with Crippen molar-refractivity contribution in [1.29, 1.82) is 0 Å². The molecule has 0 rings (SSSR count). The molecular formula is C5H12O2S2. The van der Waals surface area contributed by atoms with E-state index in [1.807, 2.05) is 0 Å². The quantitative estimate of drug-likeness (QED) is 0.524. The van der Waals surface area contributed by atoms with Crippen LogP contribution < -0.4 is 0 Å². The van der Waals surface area contributed by atoms with Crippen LogP contribution in [0.3, 0.4) is 0 Å². The Morgan fingerprint density at radius 1 is 1.67 bits per heavy atom. The molecule has 56 valence electrons. The zero-order chi connectivity index (χ0) is 7.28. The van der Waals surface area contributed by atoms with Gasteiger partial charge in [-0.05, 0) is 0 Å². The molecule has 0 aliphatic rings. The smallest absolute Gasteiger partial charge is 0.0925 e. The Balaban J connectivity index is 3.50. The summed E-state index contributed by atoms with van der Waals surface area (Å²) in [5, 5.41) is 8.64. The van der Waals surface area contributed by atoms with Crippen LogP contribution >= 0.6 is 25.3 Å². The Morgan fingerprint density at radius 3 is 2.33 bits per heavy atom. The van der Waals surface area contributed by atoms with Gasteiger partial charge in [-0.3, -0.25) is 0 Å². The molecule has 0 aliphatic carbocycles. The van der Waals surface area contributed by atoms with Gasteiger partial charge in [-0.1, -0.05) is 0 Å². The number of rotatable bonds is 4. The fourth-order valence-electron chi connectivity index (χ4n) is 0.471. The lowest BCUT2D eigenvalue weighted by molar-refractivity contribution is 0.0517. The summed E-state index contributed by atoms with van der Waals surface area (Å²) >= 11 is 8.12. The van der Waals surface area contributed by atoms with Crippen LogP contribution in [0, 0.1) is 0 Å². The van der Waals surface area contributed by atoms with E-state index in [0.29, 0.717) is 5.75 Å². The van der Waals surface area contributed by atoms with E-state index < -0.39 is 0 Å². The molecule has 0 saturated heterocycles. The minimum atomic E-state index is -0.189. The molecule has 0 radical (unpaired) electrons. The number of hydrogen-bond acceptors (Lipinski definition) is 4. The monoisotopic (exact) mass is 168 g/mol. The van der Waals surface area contributed by atoms with Crippen LogP contribution in [-0.4, -0.2) is 35.9 Å². The third kappa shape index (κ3) is 3.35. The Hall–Kier alpha value is 0.620. The Morgan fingerprint density at radius 2 is 2.22 bits per heavy atom. The number of aliphatic hydroxyl groups excluding tert-OH is 1. The van der Waals surface area contributed by atoms with Gasteiger partial charge in [0, 0.05) is 18.1 Å². The molecule has 1 N–H and O–H groups in total. The average molecular weight is 168 g/mol. The summed E-state index contributed by atoms with van der Waals surface area (Å²) in [6, 6.07) is 0. The SMILES string of the molecule is CO[C@H](CO)[C@H](S)CS. The minimum absolute atomic E-state index is 0.00519. The second-order valence-electron chi connectivity index (χ2n) is 1.71. The van der Waals surface area contributed by atoms with Crippen molar-refractivity contribution >= 4 is 25.3 Å². The van der Waals surface area contributed by atoms with E-state index in [9.17, 15) is 0 Å². The molecule has 0 aliphatic heterocycles. The van der Waals surface area contributed by atoms with Crippen LogP contribution in [0.15, 0.2) is 0 Å². The summed E-state index contributed by atoms with van der Waals surface area (Å²) in [5.74, 6) is 0.613. The molecule has 0 unspecified atom stereocenters. The number of ether oxygens (including phenoxy) is 1. The van der Waals surface area contributed by atoms with Crippen LogP contribution in [0.1, 0.15) is 0 Å². The summed E-state index contributed by atoms with van der Waals surface area (Å²) in [6.45, 7) is 0.00519. The van der Waals surface area contributed by atoms with E-state index in [1.165, 1.54) is 0 Å². The first-order chi connectivity index (χ1) is 4.26. The molecule has 2 nitrogen and oxygen atoms in total. The van der Waals surface area contributed by atoms with Gasteiger partial charge >= 0.3 is 0 Å². The zero-order valence-corrected chi connectivity index (χ0v) is 7.11. The lowest BCUT2D eigenvalue weighted by Crippen LogP contribution is -2.28. The van der Waals surface area contributed by atoms with Crippen LogP contribution in [0.2, 0.25) is 0 Å². The predicted octanol–water partition coefficient (Wildman–Crippen LogP) is 0.222. The highest BCUT2D eigenvalue weighted by atomic mass is 32.1. The van der Waals surface area contributed by atoms with Crippen molar-refractivity contribution in [3.05, 3.63) is 0 Å². The molecule has 0 heterocycles. The second-order valence-corrected chi connectivity index (χ2v) is 2.74. The van der Waals surface area contributed by atoms with E-state index in [2.05, 4.69) is 25.3 Å². The van der Waals surface area contributed by atoms with Gasteiger partial charge in [0.05, 0.1) is 12.7 Å². The van der Waals surface area contributed by atoms with Crippen molar-refractivity contribution in [3.8, 4) is 0 Å². The molecule has 0 spiro atoms. The third-order valence-electron chi connectivity index (χ3n) is 1.10. The average Bonchev–Trinajstić information content (AvgIpc) is 1.90. The Kier molecular flexibility index (Phi) is 5.78. The van der Waals surface area contributed by atoms with Crippen LogP contribution in [0.4, 0.5) is 0 Å². The highest BCUT2D eigenvalue weighted by molar-refractivity contribution is 7.84. The number of hydrogen-bond donors (Lipinski definition) is 3. The Bertz CT molecular complexity index is 66.0. The molecule has 0 bridgehead atoms. The lowest BCUT2D eigenvalue weighted by atomic mass is 10.3. The normalized spacial score (nSPS) is 17.3. The summed E-state index contributed by atoms with van der Waals surface area (Å²) in [7, 11) is 1.55. The molecule has 2 atom stereocenters. The molecule has 0 fully saturated rings. The molecule has 0 aromatic heterocycles. The molecule has 4 heteroatoms. The van der Waals surface area contributed by atoms with Gasteiger partial charge in [0.1, 0.15) is 0 Å². The van der Waals surface area contributed by atoms with Gasteiger partial charge in [-0.2, -0.15) is 25.3 Å². The van der Waals surface area contributed by atoms with Crippen molar-refractivity contribution in [2.45, 2.75) is 11.4 Å². The summed E-state index contributed by atoms with van der Waals surface area (Å²) in [4.78, 5) is 0. The van der Waals surface area contributed by atoms with Gasteiger partial charge < -0.3 is 9.84 Å². The highest BCUT2D eigenvalue weighted by Crippen LogP contribution is 2.06. The van der Waals surface area contributed by atoms with Crippen LogP contribution in [-0.2, 0) is 4.74 Å². The van der Waals surface area contributed by atoms with Crippen molar-refractivity contribution in [3.63, 3.8) is 0 Å². The first-order valence-electron chi connectivity index (χ1n) is 2.68. The largest absolute Gasteiger partial charge is 0.394 e. The van der Waals surface area contributed by atoms with Crippen molar-refractivity contribution in [2.24, 2.45) is 0 Å². The summed E-state index contributed by atoms with van der Waals surface area (Å²) in [5.41, 5.74) is 0. The second kappa shape index (κ2) is 5.41. The number of thiol groups is 2. The maximum Gasteiger partial charge on any atom is 0.0925 e. The van der Waals surface area contributed by atoms with Crippen LogP contribution in [0.5, 0.6) is 0 Å². The van der Waals surface area contributed by atoms with Crippen molar-refractivity contribution < 1.29 is 9.84 Å². The maximum atomic E-state index is 8.62. The molecule has 0 amide bonds. The molecule has 9 heavy (non-hydrogen) atoms. The van der Waals surface area contributed by atoms with E-state index in [4.69, 9.17) is 9.84 Å². The predicted molar refractivity (Wildman–Crippen MR) is 44.5 cm³/mol. The first-order valence-corrected chi connectivity index (χ1v) is 3.83. The maximum absolute atomic E-state index is 8.62. The van der Waals surface area contributed by atoms with E-state index >= 15 is 0 Å². The fraction of sp³-hybridized carbons (Fsp3) is 1.00. The number of methoxy groups -OCH3 is 1. The minimum Gasteiger partial charge on any atom is -0.394 e. The van der Waals surface area contributed by atoms with Crippen molar-refractivity contribution in [2.75, 3.05) is 19.5 Å². The standard InChI is InChI=1S/C5H12O2S2/c1-7-4(2-6)5(9)3-8/h4-6,8-9H,2-3H2,1H3/t4-,5-/m1/s1. The highest BCUT2D eigenvalue weighted by Gasteiger charge is 2.13. The first kappa shape index (κ1) is 9.62. The van der Waals surface area contributed by atoms with Gasteiger partial charge in [0.15, 0.2) is 0 Å². The third-order valence-corrected chi connectivity index (χ3v) is 2.30. The number of aliphatic hydroxyl groups is 1. The van der Waals surface area contributed by atoms with E-state index in [-0.39, 0.29) is 18.0 Å². The van der Waals surface area contributed by atoms with E-state index in [0.717, 1.165) is 0 Å². The molecule has 0 aromatic rings. The van der Waals surface area contributed by atoms with Crippen LogP contribution in [0.25, 0.3) is 0 Å². The van der Waals surface area contributed by atoms with Crippen molar-refractivity contribution in [1.82, 2.24) is 0 Å². The lowest BCUT2D eigenvalue weighted by Gasteiger charge is -2.16. The van der Waals surface area contributed by atoms with Gasteiger partial charge in [0.2, 0.25) is 0 Å². The van der Waals surface area contributed by atoms with Gasteiger partial charge in [0.25, 0.3) is 0 Å². The Labute approximate surface area is 66.4 Å². The molecular weight excluding hydrogens is 156 g/mol. The summed E-state index contributed by atoms with van der Waals surface area (Å²) in [6.07, 6.45) is -0.189. The van der Waals surface area contributed by atoms with Gasteiger partial charge in [-0.15, -0.1) is 0 Å². The molecule has 0 saturated carbocycles. The van der Waals surface area contributed by atoms with Gasteiger partial charge in [-0.25, -0.2) is 0 Å². The topological polar surface area (TPSA) is 29.5 Å². The molecule has 0 aromatic carbocycles.